The van der Waals surface area contributed by atoms with Crippen molar-refractivity contribution in [3.05, 3.63) is 53.7 Å². The first-order chi connectivity index (χ1) is 12.5. The molecule has 7 heteroatoms. The van der Waals surface area contributed by atoms with E-state index in [9.17, 15) is 14.4 Å². The molecule has 0 spiro atoms. The first-order valence-corrected chi connectivity index (χ1v) is 8.14. The quantitative estimate of drug-likeness (QED) is 0.577. The molecule has 0 saturated carbocycles. The van der Waals surface area contributed by atoms with E-state index in [1.807, 2.05) is 0 Å². The molecule has 1 N–H and O–H groups in total. The van der Waals surface area contributed by atoms with Crippen LogP contribution in [0.4, 0.5) is 5.82 Å². The number of carbonyl (C=O) groups is 3. The molecule has 136 valence electrons. The Morgan fingerprint density at radius 3 is 2.62 bits per heavy atom. The Bertz CT molecular complexity index is 804. The summed E-state index contributed by atoms with van der Waals surface area (Å²) < 4.78 is 10.1. The number of esters is 1. The Hall–Kier alpha value is -3.22. The molecule has 26 heavy (non-hydrogen) atoms. The third-order valence-electron chi connectivity index (χ3n) is 3.53. The highest BCUT2D eigenvalue weighted by Crippen LogP contribution is 2.19. The van der Waals surface area contributed by atoms with Gasteiger partial charge >= 0.3 is 5.97 Å². The second kappa shape index (κ2) is 9.31. The van der Waals surface area contributed by atoms with Gasteiger partial charge in [-0.1, -0.05) is 12.1 Å². The van der Waals surface area contributed by atoms with Crippen molar-refractivity contribution in [3.63, 3.8) is 0 Å². The van der Waals surface area contributed by atoms with Crippen LogP contribution in [-0.4, -0.2) is 36.4 Å². The summed E-state index contributed by atoms with van der Waals surface area (Å²) in [5, 5.41) is 2.57. The molecule has 0 bridgehead atoms. The van der Waals surface area contributed by atoms with Gasteiger partial charge in [-0.3, -0.25) is 9.59 Å². The Morgan fingerprint density at radius 2 is 1.88 bits per heavy atom. The van der Waals surface area contributed by atoms with Crippen LogP contribution < -0.4 is 10.1 Å². The van der Waals surface area contributed by atoms with Crippen LogP contribution in [0.3, 0.4) is 0 Å². The lowest BCUT2D eigenvalue weighted by Crippen LogP contribution is -2.15. The minimum atomic E-state index is -0.489. The fourth-order valence-electron chi connectivity index (χ4n) is 2.28. The third-order valence-corrected chi connectivity index (χ3v) is 3.53. The van der Waals surface area contributed by atoms with Gasteiger partial charge in [0.1, 0.15) is 11.6 Å². The summed E-state index contributed by atoms with van der Waals surface area (Å²) in [7, 11) is 1.49. The topological polar surface area (TPSA) is 94.6 Å². The Morgan fingerprint density at radius 1 is 1.12 bits per heavy atom. The number of hydrogen-bond donors (Lipinski definition) is 1. The van der Waals surface area contributed by atoms with Gasteiger partial charge in [0.05, 0.1) is 24.8 Å². The average Bonchev–Trinajstić information content (AvgIpc) is 2.66. The Labute approximate surface area is 151 Å². The number of methoxy groups -OCH3 is 1. The van der Waals surface area contributed by atoms with Crippen molar-refractivity contribution < 1.29 is 23.9 Å². The number of anilines is 1. The fourth-order valence-corrected chi connectivity index (χ4v) is 2.28. The first-order valence-electron chi connectivity index (χ1n) is 8.14. The van der Waals surface area contributed by atoms with Crippen LogP contribution in [0.1, 0.15) is 40.5 Å². The van der Waals surface area contributed by atoms with Crippen LogP contribution in [0.5, 0.6) is 5.75 Å². The number of aromatic nitrogens is 1. The predicted octanol–water partition coefficient (Wildman–Crippen LogP) is 2.87. The van der Waals surface area contributed by atoms with Gasteiger partial charge in [0.25, 0.3) is 0 Å². The van der Waals surface area contributed by atoms with E-state index in [1.54, 1.807) is 31.2 Å². The van der Waals surface area contributed by atoms with E-state index in [0.29, 0.717) is 16.9 Å². The molecule has 1 aromatic heterocycles. The molecule has 0 saturated heterocycles. The van der Waals surface area contributed by atoms with Crippen molar-refractivity contribution in [3.8, 4) is 5.75 Å². The fraction of sp³-hybridized carbons (Fsp3) is 0.263. The summed E-state index contributed by atoms with van der Waals surface area (Å²) in [4.78, 5) is 40.0. The summed E-state index contributed by atoms with van der Waals surface area (Å²) >= 11 is 0. The highest BCUT2D eigenvalue weighted by molar-refractivity contribution is 6.01. The van der Waals surface area contributed by atoms with Crippen LogP contribution in [0.15, 0.2) is 42.6 Å². The normalized spacial score (nSPS) is 10.1. The van der Waals surface area contributed by atoms with Crippen LogP contribution in [0.2, 0.25) is 0 Å². The molecule has 0 aliphatic carbocycles. The zero-order valence-corrected chi connectivity index (χ0v) is 14.7. The summed E-state index contributed by atoms with van der Waals surface area (Å²) in [6, 6.07) is 9.78. The van der Waals surface area contributed by atoms with E-state index in [0.717, 1.165) is 0 Å². The summed E-state index contributed by atoms with van der Waals surface area (Å²) in [5.74, 6) is -0.351. The van der Waals surface area contributed by atoms with Gasteiger partial charge in [-0.2, -0.15) is 0 Å². The molecule has 0 radical (unpaired) electrons. The number of benzene rings is 1. The van der Waals surface area contributed by atoms with Crippen molar-refractivity contribution in [2.24, 2.45) is 0 Å². The minimum absolute atomic E-state index is 0.0117. The number of nitrogens with one attached hydrogen (secondary N) is 1. The van der Waals surface area contributed by atoms with E-state index in [2.05, 4.69) is 10.3 Å². The number of ether oxygens (including phenoxy) is 2. The highest BCUT2D eigenvalue weighted by atomic mass is 16.5. The summed E-state index contributed by atoms with van der Waals surface area (Å²) in [5.41, 5.74) is 0.729. The maximum absolute atomic E-state index is 12.3. The zero-order valence-electron chi connectivity index (χ0n) is 14.7. The number of pyridine rings is 1. The number of para-hydroxylation sites is 1. The lowest BCUT2D eigenvalue weighted by atomic mass is 10.1. The van der Waals surface area contributed by atoms with E-state index in [4.69, 9.17) is 9.47 Å². The van der Waals surface area contributed by atoms with Crippen molar-refractivity contribution >= 4 is 23.5 Å². The smallest absolute Gasteiger partial charge is 0.338 e. The van der Waals surface area contributed by atoms with E-state index in [-0.39, 0.29) is 37.0 Å². The molecular weight excluding hydrogens is 336 g/mol. The minimum Gasteiger partial charge on any atom is -0.496 e. The number of rotatable bonds is 8. The lowest BCUT2D eigenvalue weighted by Gasteiger charge is -2.08. The van der Waals surface area contributed by atoms with Crippen molar-refractivity contribution in [1.29, 1.82) is 0 Å². The van der Waals surface area contributed by atoms with Crippen molar-refractivity contribution in [1.82, 2.24) is 4.98 Å². The van der Waals surface area contributed by atoms with E-state index in [1.165, 1.54) is 25.4 Å². The molecular formula is C19H20N2O5. The second-order valence-electron chi connectivity index (χ2n) is 5.32. The molecule has 1 aromatic carbocycles. The van der Waals surface area contributed by atoms with Gasteiger partial charge in [-0.15, -0.1) is 0 Å². The molecule has 1 amide bonds. The van der Waals surface area contributed by atoms with Gasteiger partial charge in [0.2, 0.25) is 5.91 Å². The molecule has 7 nitrogen and oxygen atoms in total. The molecule has 0 aliphatic rings. The Balaban J connectivity index is 1.94. The molecule has 0 aliphatic heterocycles. The lowest BCUT2D eigenvalue weighted by molar-refractivity contribution is -0.116. The average molecular weight is 356 g/mol. The van der Waals surface area contributed by atoms with E-state index < -0.39 is 5.97 Å². The highest BCUT2D eigenvalue weighted by Gasteiger charge is 2.14. The predicted molar refractivity (Wildman–Crippen MR) is 95.4 cm³/mol. The van der Waals surface area contributed by atoms with Gasteiger partial charge in [0.15, 0.2) is 5.78 Å². The summed E-state index contributed by atoms with van der Waals surface area (Å²) in [6.07, 6.45) is 1.42. The van der Waals surface area contributed by atoms with Gasteiger partial charge in [0, 0.05) is 19.0 Å². The molecule has 2 aromatic rings. The van der Waals surface area contributed by atoms with Gasteiger partial charge < -0.3 is 14.8 Å². The maximum Gasteiger partial charge on any atom is 0.338 e. The van der Waals surface area contributed by atoms with Gasteiger partial charge in [-0.25, -0.2) is 9.78 Å². The molecule has 1 heterocycles. The standard InChI is InChI=1S/C19H20N2O5/c1-3-26-19(24)13-10-11-20-17(12-13)21-18(23)9-8-15(22)14-6-4-5-7-16(14)25-2/h4-7,10-12H,3,8-9H2,1-2H3,(H,20,21,23). The number of carbonyl (C=O) groups excluding carboxylic acids is 3. The molecule has 0 fully saturated rings. The number of nitrogens with zero attached hydrogens (tertiary/aromatic N) is 1. The van der Waals surface area contributed by atoms with Crippen molar-refractivity contribution in [2.75, 3.05) is 19.0 Å². The van der Waals surface area contributed by atoms with Crippen LogP contribution in [0.25, 0.3) is 0 Å². The number of amides is 1. The first kappa shape index (κ1) is 19.1. The largest absolute Gasteiger partial charge is 0.496 e. The third kappa shape index (κ3) is 5.14. The Kier molecular flexibility index (Phi) is 6.84. The van der Waals surface area contributed by atoms with Crippen LogP contribution in [0, 0.1) is 0 Å². The number of Topliss-reactive ketones (excluding diaryl/α,β-unsaturated/α-hetero) is 1. The van der Waals surface area contributed by atoms with Crippen LogP contribution >= 0.6 is 0 Å². The van der Waals surface area contributed by atoms with E-state index >= 15 is 0 Å². The van der Waals surface area contributed by atoms with Crippen molar-refractivity contribution in [2.45, 2.75) is 19.8 Å². The summed E-state index contributed by atoms with van der Waals surface area (Å²) in [6.45, 7) is 1.97. The molecule has 0 atom stereocenters. The van der Waals surface area contributed by atoms with Crippen LogP contribution in [-0.2, 0) is 9.53 Å². The van der Waals surface area contributed by atoms with Gasteiger partial charge in [-0.05, 0) is 31.2 Å². The molecule has 2 rings (SSSR count). The zero-order chi connectivity index (χ0) is 18.9. The SMILES string of the molecule is CCOC(=O)c1ccnc(NC(=O)CCC(=O)c2ccccc2OC)c1. The maximum atomic E-state index is 12.3. The number of hydrogen-bond acceptors (Lipinski definition) is 6. The monoisotopic (exact) mass is 356 g/mol. The number of ketones is 1. The second-order valence-corrected chi connectivity index (χ2v) is 5.32. The molecule has 0 unspecified atom stereocenters.